The molecule has 0 saturated heterocycles. The lowest BCUT2D eigenvalue weighted by atomic mass is 10.1. The minimum absolute atomic E-state index is 0.146. The van der Waals surface area contributed by atoms with E-state index in [-0.39, 0.29) is 5.91 Å². The smallest absolute Gasteiger partial charge is 0.267 e. The lowest BCUT2D eigenvalue weighted by Crippen LogP contribution is -2.21. The first kappa shape index (κ1) is 21.8. The van der Waals surface area contributed by atoms with Crippen molar-refractivity contribution >= 4 is 39.4 Å². The van der Waals surface area contributed by atoms with Gasteiger partial charge in [0.25, 0.3) is 5.91 Å². The predicted molar refractivity (Wildman–Crippen MR) is 133 cm³/mol. The summed E-state index contributed by atoms with van der Waals surface area (Å²) in [5.41, 5.74) is 2.63. The molecule has 0 bridgehead atoms. The summed E-state index contributed by atoms with van der Waals surface area (Å²) in [6.45, 7) is 8.35. The number of fused-ring (bicyclic) bond motifs is 1. The van der Waals surface area contributed by atoms with Crippen LogP contribution < -0.4 is 15.0 Å². The van der Waals surface area contributed by atoms with Crippen LogP contribution in [0.4, 0.5) is 11.4 Å². The van der Waals surface area contributed by atoms with Crippen LogP contribution in [0.5, 0.6) is 5.75 Å². The minimum Gasteiger partial charge on any atom is -0.486 e. The third-order valence-corrected chi connectivity index (χ3v) is 6.51. The summed E-state index contributed by atoms with van der Waals surface area (Å²) in [5.74, 6) is 0.642. The molecular formula is C26H27N3O2S. The molecule has 164 valence electrons. The summed E-state index contributed by atoms with van der Waals surface area (Å²) in [4.78, 5) is 20.2. The first-order valence-corrected chi connectivity index (χ1v) is 11.6. The van der Waals surface area contributed by atoms with Gasteiger partial charge in [-0.3, -0.25) is 4.79 Å². The second kappa shape index (κ2) is 9.83. The minimum atomic E-state index is -0.146. The predicted octanol–water partition coefficient (Wildman–Crippen LogP) is 6.28. The second-order valence-corrected chi connectivity index (χ2v) is 8.58. The van der Waals surface area contributed by atoms with E-state index in [1.807, 2.05) is 61.5 Å². The Kier molecular flexibility index (Phi) is 6.71. The highest BCUT2D eigenvalue weighted by Crippen LogP contribution is 2.25. The van der Waals surface area contributed by atoms with Crippen LogP contribution >= 0.6 is 11.3 Å². The Morgan fingerprint density at radius 3 is 2.44 bits per heavy atom. The molecule has 0 aliphatic heterocycles. The number of ether oxygens (including phenoxy) is 1. The monoisotopic (exact) mass is 445 g/mol. The molecule has 6 heteroatoms. The average molecular weight is 446 g/mol. The van der Waals surface area contributed by atoms with E-state index in [4.69, 9.17) is 4.74 Å². The third kappa shape index (κ3) is 4.92. The van der Waals surface area contributed by atoms with E-state index >= 15 is 0 Å². The van der Waals surface area contributed by atoms with Gasteiger partial charge in [0.2, 0.25) is 0 Å². The number of anilines is 2. The number of thiazole rings is 1. The van der Waals surface area contributed by atoms with Gasteiger partial charge < -0.3 is 15.0 Å². The zero-order valence-electron chi connectivity index (χ0n) is 18.6. The van der Waals surface area contributed by atoms with Gasteiger partial charge in [-0.15, -0.1) is 11.3 Å². The fraction of sp³-hybridized carbons (Fsp3) is 0.231. The summed E-state index contributed by atoms with van der Waals surface area (Å²) in [6, 6.07) is 22.1. The number of benzene rings is 3. The Morgan fingerprint density at radius 1 is 1.00 bits per heavy atom. The summed E-state index contributed by atoms with van der Waals surface area (Å²) in [7, 11) is 0. The zero-order valence-corrected chi connectivity index (χ0v) is 19.4. The van der Waals surface area contributed by atoms with Crippen molar-refractivity contribution in [1.29, 1.82) is 0 Å². The molecule has 0 aliphatic rings. The zero-order chi connectivity index (χ0) is 22.5. The van der Waals surface area contributed by atoms with Crippen molar-refractivity contribution in [3.63, 3.8) is 0 Å². The molecule has 4 rings (SSSR count). The van der Waals surface area contributed by atoms with E-state index in [1.165, 1.54) is 16.7 Å². The number of hydrogen-bond donors (Lipinski definition) is 1. The number of aromatic nitrogens is 1. The molecule has 0 fully saturated rings. The molecule has 32 heavy (non-hydrogen) atoms. The quantitative estimate of drug-likeness (QED) is 0.347. The van der Waals surface area contributed by atoms with Crippen LogP contribution in [0.2, 0.25) is 0 Å². The van der Waals surface area contributed by atoms with E-state index in [9.17, 15) is 4.79 Å². The third-order valence-electron chi connectivity index (χ3n) is 5.38. The van der Waals surface area contributed by atoms with Crippen molar-refractivity contribution in [1.82, 2.24) is 4.98 Å². The average Bonchev–Trinajstić information content (AvgIpc) is 3.20. The Bertz CT molecular complexity index is 1210. The normalized spacial score (nSPS) is 10.8. The number of aryl methyl sites for hydroxylation is 1. The van der Waals surface area contributed by atoms with Gasteiger partial charge in [0.1, 0.15) is 22.2 Å². The first-order valence-electron chi connectivity index (χ1n) is 10.8. The van der Waals surface area contributed by atoms with Gasteiger partial charge in [-0.25, -0.2) is 4.98 Å². The molecule has 0 atom stereocenters. The molecule has 0 radical (unpaired) electrons. The lowest BCUT2D eigenvalue weighted by Gasteiger charge is -2.21. The summed E-state index contributed by atoms with van der Waals surface area (Å²) in [6.07, 6.45) is 0. The van der Waals surface area contributed by atoms with E-state index in [2.05, 4.69) is 41.2 Å². The van der Waals surface area contributed by atoms with Gasteiger partial charge in [0, 0.05) is 24.5 Å². The second-order valence-electron chi connectivity index (χ2n) is 7.49. The Hall–Kier alpha value is -3.38. The highest BCUT2D eigenvalue weighted by Gasteiger charge is 2.16. The van der Waals surface area contributed by atoms with Crippen LogP contribution in [0.1, 0.15) is 34.2 Å². The molecule has 1 heterocycles. The molecule has 0 saturated carbocycles. The SMILES string of the molecule is CCN(CC)c1ccc(NC(=O)c2sc(COc3ccc4ccccc4c3)nc2C)cc1. The molecule has 0 spiro atoms. The number of rotatable bonds is 8. The number of hydrogen-bond acceptors (Lipinski definition) is 5. The Morgan fingerprint density at radius 2 is 1.72 bits per heavy atom. The molecule has 1 aromatic heterocycles. The summed E-state index contributed by atoms with van der Waals surface area (Å²) in [5, 5.41) is 6.06. The fourth-order valence-corrected chi connectivity index (χ4v) is 4.53. The molecular weight excluding hydrogens is 418 g/mol. The molecule has 0 unspecified atom stereocenters. The highest BCUT2D eigenvalue weighted by molar-refractivity contribution is 7.13. The largest absolute Gasteiger partial charge is 0.486 e. The van der Waals surface area contributed by atoms with Gasteiger partial charge in [-0.1, -0.05) is 30.3 Å². The van der Waals surface area contributed by atoms with Crippen LogP contribution in [-0.4, -0.2) is 24.0 Å². The fourth-order valence-electron chi connectivity index (χ4n) is 3.66. The van der Waals surface area contributed by atoms with Crippen molar-refractivity contribution in [3.05, 3.63) is 82.3 Å². The number of carbonyl (C=O) groups is 1. The highest BCUT2D eigenvalue weighted by atomic mass is 32.1. The van der Waals surface area contributed by atoms with Crippen molar-refractivity contribution in [2.45, 2.75) is 27.4 Å². The van der Waals surface area contributed by atoms with E-state index in [1.54, 1.807) is 0 Å². The number of nitrogens with zero attached hydrogens (tertiary/aromatic N) is 2. The van der Waals surface area contributed by atoms with Gasteiger partial charge in [0.05, 0.1) is 5.69 Å². The van der Waals surface area contributed by atoms with Crippen molar-refractivity contribution in [2.24, 2.45) is 0 Å². The summed E-state index contributed by atoms with van der Waals surface area (Å²) < 4.78 is 5.93. The van der Waals surface area contributed by atoms with E-state index in [0.717, 1.165) is 40.6 Å². The van der Waals surface area contributed by atoms with Crippen LogP contribution in [0.25, 0.3) is 10.8 Å². The number of nitrogens with one attached hydrogen (secondary N) is 1. The molecule has 5 nitrogen and oxygen atoms in total. The van der Waals surface area contributed by atoms with E-state index in [0.29, 0.717) is 17.2 Å². The Balaban J connectivity index is 1.40. The standard InChI is InChI=1S/C26H27N3O2S/c1-4-29(5-2)22-13-11-21(12-14-22)28-26(30)25-18(3)27-24(32-25)17-31-23-15-10-19-8-6-7-9-20(19)16-23/h6-16H,4-5,17H2,1-3H3,(H,28,30). The van der Waals surface area contributed by atoms with Crippen LogP contribution in [-0.2, 0) is 6.61 Å². The van der Waals surface area contributed by atoms with Crippen molar-refractivity contribution < 1.29 is 9.53 Å². The maximum atomic E-state index is 12.8. The van der Waals surface area contributed by atoms with Crippen molar-refractivity contribution in [2.75, 3.05) is 23.3 Å². The lowest BCUT2D eigenvalue weighted by molar-refractivity contribution is 0.103. The molecule has 0 aliphatic carbocycles. The van der Waals surface area contributed by atoms with Gasteiger partial charge in [-0.2, -0.15) is 0 Å². The number of carbonyl (C=O) groups excluding carboxylic acids is 1. The number of amides is 1. The maximum Gasteiger partial charge on any atom is 0.267 e. The summed E-state index contributed by atoms with van der Waals surface area (Å²) >= 11 is 1.37. The molecule has 1 amide bonds. The van der Waals surface area contributed by atoms with Crippen LogP contribution in [0.3, 0.4) is 0 Å². The van der Waals surface area contributed by atoms with Crippen LogP contribution in [0, 0.1) is 6.92 Å². The molecule has 1 N–H and O–H groups in total. The molecule has 3 aromatic carbocycles. The maximum absolute atomic E-state index is 12.8. The van der Waals surface area contributed by atoms with Crippen LogP contribution in [0.15, 0.2) is 66.7 Å². The van der Waals surface area contributed by atoms with E-state index < -0.39 is 0 Å². The topological polar surface area (TPSA) is 54.5 Å². The Labute approximate surface area is 192 Å². The van der Waals surface area contributed by atoms with Crippen molar-refractivity contribution in [3.8, 4) is 5.75 Å². The first-order chi connectivity index (χ1) is 15.6. The van der Waals surface area contributed by atoms with Gasteiger partial charge in [0.15, 0.2) is 0 Å². The van der Waals surface area contributed by atoms with Gasteiger partial charge in [-0.05, 0) is 67.9 Å². The van der Waals surface area contributed by atoms with Gasteiger partial charge >= 0.3 is 0 Å². The molecule has 4 aromatic rings.